The van der Waals surface area contributed by atoms with Crippen molar-refractivity contribution < 1.29 is 32.2 Å². The molecule has 1 aromatic carbocycles. The number of anilines is 1. The maximum Gasteiger partial charge on any atom is 0.306 e. The summed E-state index contributed by atoms with van der Waals surface area (Å²) >= 11 is 0. The SMILES string of the molecule is O=C(CCCNS(=O)(=O)c1ccc2c(c1)OCCO2)OCC(=O)N1CCN(c2ncccn2)CC1. The number of sulfonamides is 1. The van der Waals surface area contributed by atoms with Crippen LogP contribution in [0.2, 0.25) is 0 Å². The van der Waals surface area contributed by atoms with Crippen LogP contribution in [-0.2, 0) is 24.3 Å². The number of aromatic nitrogens is 2. The predicted octanol–water partition coefficient (Wildman–Crippen LogP) is 0.198. The van der Waals surface area contributed by atoms with Crippen molar-refractivity contribution in [3.8, 4) is 11.5 Å². The molecular weight excluding hydrogens is 478 g/mol. The summed E-state index contributed by atoms with van der Waals surface area (Å²) in [6, 6.07) is 6.13. The van der Waals surface area contributed by atoms with Crippen molar-refractivity contribution >= 4 is 27.8 Å². The third-order valence-corrected chi connectivity index (χ3v) is 6.96. The van der Waals surface area contributed by atoms with E-state index in [1.807, 2.05) is 4.90 Å². The van der Waals surface area contributed by atoms with E-state index in [2.05, 4.69) is 14.7 Å². The van der Waals surface area contributed by atoms with E-state index in [4.69, 9.17) is 14.2 Å². The molecule has 0 aliphatic carbocycles. The molecule has 3 heterocycles. The molecule has 1 aromatic heterocycles. The maximum atomic E-state index is 12.5. The van der Waals surface area contributed by atoms with Crippen LogP contribution < -0.4 is 19.1 Å². The smallest absolute Gasteiger partial charge is 0.306 e. The van der Waals surface area contributed by atoms with Gasteiger partial charge in [-0.05, 0) is 24.6 Å². The lowest BCUT2D eigenvalue weighted by Crippen LogP contribution is -2.50. The average Bonchev–Trinajstić information content (AvgIpc) is 2.90. The molecule has 4 rings (SSSR count). The van der Waals surface area contributed by atoms with Crippen LogP contribution in [0.25, 0.3) is 0 Å². The monoisotopic (exact) mass is 505 g/mol. The number of hydrogen-bond donors (Lipinski definition) is 1. The van der Waals surface area contributed by atoms with Crippen molar-refractivity contribution in [3.05, 3.63) is 36.7 Å². The van der Waals surface area contributed by atoms with E-state index in [1.54, 1.807) is 29.4 Å². The number of fused-ring (bicyclic) bond motifs is 1. The topological polar surface area (TPSA) is 140 Å². The van der Waals surface area contributed by atoms with E-state index in [0.717, 1.165) is 0 Å². The molecule has 2 aliphatic rings. The molecule has 0 saturated carbocycles. The van der Waals surface area contributed by atoms with Crippen LogP contribution in [0.3, 0.4) is 0 Å². The lowest BCUT2D eigenvalue weighted by molar-refractivity contribution is -0.152. The van der Waals surface area contributed by atoms with E-state index in [0.29, 0.717) is 56.8 Å². The number of ether oxygens (including phenoxy) is 3. The van der Waals surface area contributed by atoms with Gasteiger partial charge in [0.05, 0.1) is 4.90 Å². The van der Waals surface area contributed by atoms with Crippen molar-refractivity contribution in [1.82, 2.24) is 19.6 Å². The summed E-state index contributed by atoms with van der Waals surface area (Å²) in [7, 11) is -3.77. The fourth-order valence-corrected chi connectivity index (χ4v) is 4.72. The fourth-order valence-electron chi connectivity index (χ4n) is 3.63. The highest BCUT2D eigenvalue weighted by atomic mass is 32.2. The highest BCUT2D eigenvalue weighted by Crippen LogP contribution is 2.32. The van der Waals surface area contributed by atoms with Gasteiger partial charge in [0, 0.05) is 57.6 Å². The molecule has 12 nitrogen and oxygen atoms in total. The second-order valence-corrected chi connectivity index (χ2v) is 9.65. The summed E-state index contributed by atoms with van der Waals surface area (Å²) in [5.41, 5.74) is 0. The molecule has 1 N–H and O–H groups in total. The van der Waals surface area contributed by atoms with Crippen molar-refractivity contribution in [1.29, 1.82) is 0 Å². The number of hydrogen-bond acceptors (Lipinski definition) is 10. The number of benzene rings is 1. The van der Waals surface area contributed by atoms with Crippen LogP contribution >= 0.6 is 0 Å². The Hall–Kier alpha value is -3.45. The van der Waals surface area contributed by atoms with Gasteiger partial charge in [0.1, 0.15) is 13.2 Å². The fraction of sp³-hybridized carbons (Fsp3) is 0.455. The largest absolute Gasteiger partial charge is 0.486 e. The lowest BCUT2D eigenvalue weighted by Gasteiger charge is -2.34. The Kier molecular flexibility index (Phi) is 7.98. The Morgan fingerprint density at radius 2 is 1.74 bits per heavy atom. The number of nitrogens with one attached hydrogen (secondary N) is 1. The molecule has 0 radical (unpaired) electrons. The van der Waals surface area contributed by atoms with Gasteiger partial charge < -0.3 is 24.0 Å². The zero-order valence-corrected chi connectivity index (χ0v) is 19.9. The van der Waals surface area contributed by atoms with E-state index in [9.17, 15) is 18.0 Å². The van der Waals surface area contributed by atoms with Crippen molar-refractivity contribution in [2.75, 3.05) is 57.4 Å². The van der Waals surface area contributed by atoms with Gasteiger partial charge in [-0.25, -0.2) is 23.1 Å². The summed E-state index contributed by atoms with van der Waals surface area (Å²) < 4.78 is 43.3. The number of esters is 1. The lowest BCUT2D eigenvalue weighted by atomic mass is 10.3. The molecule has 1 fully saturated rings. The summed E-state index contributed by atoms with van der Waals surface area (Å²) in [5.74, 6) is 0.664. The van der Waals surface area contributed by atoms with Crippen LogP contribution in [-0.4, -0.2) is 87.7 Å². The predicted molar refractivity (Wildman–Crippen MR) is 124 cm³/mol. The Morgan fingerprint density at radius 1 is 1.03 bits per heavy atom. The van der Waals surface area contributed by atoms with Gasteiger partial charge in [0.15, 0.2) is 18.1 Å². The molecule has 2 aromatic rings. The van der Waals surface area contributed by atoms with Gasteiger partial charge in [0.25, 0.3) is 5.91 Å². The minimum Gasteiger partial charge on any atom is -0.486 e. The van der Waals surface area contributed by atoms with E-state index < -0.39 is 16.0 Å². The summed E-state index contributed by atoms with van der Waals surface area (Å²) in [6.45, 7) is 2.62. The molecule has 0 unspecified atom stereocenters. The van der Waals surface area contributed by atoms with Crippen molar-refractivity contribution in [2.45, 2.75) is 17.7 Å². The first-order valence-electron chi connectivity index (χ1n) is 11.3. The number of rotatable bonds is 9. The van der Waals surface area contributed by atoms with Crippen LogP contribution in [0.5, 0.6) is 11.5 Å². The Morgan fingerprint density at radius 3 is 2.49 bits per heavy atom. The summed E-state index contributed by atoms with van der Waals surface area (Å²) in [6.07, 6.45) is 3.55. The molecular formula is C22H27N5O7S. The second kappa shape index (κ2) is 11.3. The molecule has 0 bridgehead atoms. The Balaban J connectivity index is 1.13. The van der Waals surface area contributed by atoms with Crippen molar-refractivity contribution in [2.24, 2.45) is 0 Å². The van der Waals surface area contributed by atoms with Crippen LogP contribution in [0.1, 0.15) is 12.8 Å². The summed E-state index contributed by atoms with van der Waals surface area (Å²) in [4.78, 5) is 36.4. The molecule has 35 heavy (non-hydrogen) atoms. The number of carbonyl (C=O) groups excluding carboxylic acids is 2. The number of amides is 1. The molecule has 1 saturated heterocycles. The van der Waals surface area contributed by atoms with Gasteiger partial charge in [0.2, 0.25) is 16.0 Å². The highest BCUT2D eigenvalue weighted by Gasteiger charge is 2.23. The second-order valence-electron chi connectivity index (χ2n) is 7.88. The molecule has 1 amide bonds. The standard InChI is InChI=1S/C22H27N5O7S/c28-20(26-9-11-27(12-10-26)22-23-6-2-7-24-22)16-34-21(29)3-1-8-25-35(30,31)17-4-5-18-19(15-17)33-14-13-32-18/h2,4-7,15,25H,1,3,8-14,16H2. The molecule has 0 atom stereocenters. The van der Waals surface area contributed by atoms with Gasteiger partial charge in [-0.3, -0.25) is 9.59 Å². The Bertz CT molecular complexity index is 1140. The number of nitrogens with zero attached hydrogens (tertiary/aromatic N) is 4. The normalized spacial score (nSPS) is 15.5. The van der Waals surface area contributed by atoms with Crippen molar-refractivity contribution in [3.63, 3.8) is 0 Å². The molecule has 188 valence electrons. The van der Waals surface area contributed by atoms with E-state index in [1.165, 1.54) is 12.1 Å². The number of piperazine rings is 1. The van der Waals surface area contributed by atoms with E-state index in [-0.39, 0.29) is 36.8 Å². The zero-order valence-electron chi connectivity index (χ0n) is 19.1. The van der Waals surface area contributed by atoms with Gasteiger partial charge in [-0.2, -0.15) is 0 Å². The Labute approximate surface area is 203 Å². The zero-order chi connectivity index (χ0) is 24.7. The molecule has 13 heteroatoms. The third-order valence-electron chi connectivity index (χ3n) is 5.50. The van der Waals surface area contributed by atoms with Crippen LogP contribution in [0, 0.1) is 0 Å². The minimum atomic E-state index is -3.77. The van der Waals surface area contributed by atoms with Crippen LogP contribution in [0.15, 0.2) is 41.6 Å². The quantitative estimate of drug-likeness (QED) is 0.371. The van der Waals surface area contributed by atoms with E-state index >= 15 is 0 Å². The first-order chi connectivity index (χ1) is 16.9. The summed E-state index contributed by atoms with van der Waals surface area (Å²) in [5, 5.41) is 0. The van der Waals surface area contributed by atoms with Gasteiger partial charge in [-0.15, -0.1) is 0 Å². The average molecular weight is 506 g/mol. The minimum absolute atomic E-state index is 0.0178. The third kappa shape index (κ3) is 6.57. The maximum absolute atomic E-state index is 12.5. The first kappa shape index (κ1) is 24.7. The first-order valence-corrected chi connectivity index (χ1v) is 12.8. The molecule has 0 spiro atoms. The number of carbonyl (C=O) groups is 2. The van der Waals surface area contributed by atoms with Gasteiger partial charge in [-0.1, -0.05) is 0 Å². The highest BCUT2D eigenvalue weighted by molar-refractivity contribution is 7.89. The van der Waals surface area contributed by atoms with Crippen LogP contribution in [0.4, 0.5) is 5.95 Å². The molecule has 2 aliphatic heterocycles. The van der Waals surface area contributed by atoms with Gasteiger partial charge >= 0.3 is 5.97 Å².